The summed E-state index contributed by atoms with van der Waals surface area (Å²) in [7, 11) is 1.73. The van der Waals surface area contributed by atoms with Gasteiger partial charge >= 0.3 is 0 Å². The van der Waals surface area contributed by atoms with Crippen LogP contribution in [0.15, 0.2) is 22.7 Å². The van der Waals surface area contributed by atoms with Crippen molar-refractivity contribution in [1.29, 1.82) is 0 Å². The fraction of sp³-hybridized carbons (Fsp3) is 0.455. The Hall–Kier alpha value is -0.580. The number of rotatable bonds is 3. The smallest absolute Gasteiger partial charge is 0.115 e. The monoisotopic (exact) mass is 271 g/mol. The Kier molecular flexibility index (Phi) is 3.00. The molecule has 15 heavy (non-hydrogen) atoms. The van der Waals surface area contributed by atoms with Crippen molar-refractivity contribution in [3.05, 3.63) is 28.2 Å². The summed E-state index contributed by atoms with van der Waals surface area (Å²) >= 11 is 3.48. The van der Waals surface area contributed by atoms with E-state index < -0.39 is 0 Å². The highest BCUT2D eigenvalue weighted by atomic mass is 79.9. The van der Waals surface area contributed by atoms with Crippen LogP contribution in [0.3, 0.4) is 0 Å². The zero-order valence-corrected chi connectivity index (χ0v) is 10.2. The van der Waals surface area contributed by atoms with Gasteiger partial charge in [0.1, 0.15) is 5.75 Å². The van der Waals surface area contributed by atoms with Crippen LogP contribution in [0, 0.1) is 0 Å². The van der Waals surface area contributed by atoms with Crippen molar-refractivity contribution in [2.24, 2.45) is 0 Å². The summed E-state index contributed by atoms with van der Waals surface area (Å²) in [6, 6.07) is 5.31. The fourth-order valence-corrected chi connectivity index (χ4v) is 2.18. The van der Waals surface area contributed by atoms with E-state index in [0.717, 1.165) is 29.5 Å². The molecule has 1 aliphatic heterocycles. The summed E-state index contributed by atoms with van der Waals surface area (Å²) in [5, 5.41) is 12.6. The molecule has 0 amide bonds. The molecule has 0 bridgehead atoms. The van der Waals surface area contributed by atoms with E-state index in [4.69, 9.17) is 4.74 Å². The molecule has 1 aromatic rings. The number of hydrogen-bond donors (Lipinski definition) is 2. The largest absolute Gasteiger partial charge is 0.508 e. The maximum atomic E-state index is 9.42. The van der Waals surface area contributed by atoms with Gasteiger partial charge in [0.15, 0.2) is 0 Å². The van der Waals surface area contributed by atoms with Crippen molar-refractivity contribution in [1.82, 2.24) is 5.32 Å². The van der Waals surface area contributed by atoms with Crippen molar-refractivity contribution in [3.8, 4) is 5.75 Å². The highest BCUT2D eigenvalue weighted by molar-refractivity contribution is 9.10. The quantitative estimate of drug-likeness (QED) is 0.879. The molecule has 0 aromatic heterocycles. The highest BCUT2D eigenvalue weighted by Gasteiger charge is 2.37. The summed E-state index contributed by atoms with van der Waals surface area (Å²) in [5.74, 6) is 0.298. The van der Waals surface area contributed by atoms with E-state index in [1.807, 2.05) is 6.07 Å². The van der Waals surface area contributed by atoms with Gasteiger partial charge in [-0.25, -0.2) is 0 Å². The minimum Gasteiger partial charge on any atom is -0.508 e. The number of aromatic hydroxyl groups is 1. The Balaban J connectivity index is 2.19. The Labute approximate surface area is 97.6 Å². The minimum atomic E-state index is -0.101. The van der Waals surface area contributed by atoms with E-state index >= 15 is 0 Å². The van der Waals surface area contributed by atoms with Gasteiger partial charge in [0, 0.05) is 31.1 Å². The molecule has 1 aromatic carbocycles. The first-order chi connectivity index (χ1) is 7.15. The molecule has 1 aliphatic rings. The second kappa shape index (κ2) is 4.12. The summed E-state index contributed by atoms with van der Waals surface area (Å²) in [6.45, 7) is 1.73. The molecule has 0 saturated carbocycles. The lowest BCUT2D eigenvalue weighted by atomic mass is 9.89. The first-order valence-corrected chi connectivity index (χ1v) is 5.68. The lowest BCUT2D eigenvalue weighted by Gasteiger charge is -2.41. The van der Waals surface area contributed by atoms with Crippen molar-refractivity contribution in [3.63, 3.8) is 0 Å². The van der Waals surface area contributed by atoms with Crippen molar-refractivity contribution in [2.75, 3.05) is 20.2 Å². The van der Waals surface area contributed by atoms with Crippen LogP contribution in [-0.2, 0) is 11.2 Å². The summed E-state index contributed by atoms with van der Waals surface area (Å²) in [5.41, 5.74) is 0.981. The van der Waals surface area contributed by atoms with Crippen molar-refractivity contribution in [2.45, 2.75) is 12.0 Å². The summed E-state index contributed by atoms with van der Waals surface area (Å²) in [4.78, 5) is 0. The molecule has 1 heterocycles. The van der Waals surface area contributed by atoms with Gasteiger partial charge in [-0.15, -0.1) is 0 Å². The van der Waals surface area contributed by atoms with Gasteiger partial charge in [-0.3, -0.25) is 0 Å². The molecule has 4 heteroatoms. The van der Waals surface area contributed by atoms with Gasteiger partial charge in [-0.05, 0) is 23.8 Å². The average molecular weight is 272 g/mol. The molecule has 0 aliphatic carbocycles. The number of phenols is 1. The molecule has 1 saturated heterocycles. The Morgan fingerprint density at radius 1 is 1.53 bits per heavy atom. The van der Waals surface area contributed by atoms with Gasteiger partial charge in [0.05, 0.1) is 5.60 Å². The molecule has 0 atom stereocenters. The van der Waals surface area contributed by atoms with Crippen LogP contribution in [-0.4, -0.2) is 30.9 Å². The number of methoxy groups -OCH3 is 1. The average Bonchev–Trinajstić information content (AvgIpc) is 2.17. The van der Waals surface area contributed by atoms with Gasteiger partial charge in [-0.1, -0.05) is 15.9 Å². The molecular formula is C11H14BrNO2. The predicted molar refractivity (Wildman–Crippen MR) is 62.1 cm³/mol. The van der Waals surface area contributed by atoms with Crippen LogP contribution >= 0.6 is 15.9 Å². The number of nitrogens with one attached hydrogen (secondary N) is 1. The number of benzene rings is 1. The van der Waals surface area contributed by atoms with Crippen LogP contribution in [0.4, 0.5) is 0 Å². The lowest BCUT2D eigenvalue weighted by molar-refractivity contribution is -0.0503. The van der Waals surface area contributed by atoms with Crippen LogP contribution < -0.4 is 5.32 Å². The molecule has 0 unspecified atom stereocenters. The first kappa shape index (κ1) is 10.9. The van der Waals surface area contributed by atoms with Crippen molar-refractivity contribution >= 4 is 15.9 Å². The first-order valence-electron chi connectivity index (χ1n) is 4.88. The molecule has 2 rings (SSSR count). The molecular weight excluding hydrogens is 258 g/mol. The van der Waals surface area contributed by atoms with Crippen LogP contribution in [0.2, 0.25) is 0 Å². The lowest BCUT2D eigenvalue weighted by Crippen LogP contribution is -2.61. The van der Waals surface area contributed by atoms with E-state index in [0.29, 0.717) is 5.75 Å². The highest BCUT2D eigenvalue weighted by Crippen LogP contribution is 2.28. The maximum Gasteiger partial charge on any atom is 0.115 e. The standard InChI is InChI=1S/C11H14BrNO2/c1-15-11(6-13-7-11)5-8-4-9(14)2-3-10(8)12/h2-4,13-14H,5-7H2,1H3. The molecule has 0 spiro atoms. The third-order valence-corrected chi connectivity index (χ3v) is 3.64. The third kappa shape index (κ3) is 2.17. The number of hydrogen-bond acceptors (Lipinski definition) is 3. The zero-order valence-electron chi connectivity index (χ0n) is 8.59. The predicted octanol–water partition coefficient (Wildman–Crippen LogP) is 1.69. The Bertz CT molecular complexity index is 358. The van der Waals surface area contributed by atoms with E-state index in [2.05, 4.69) is 21.2 Å². The van der Waals surface area contributed by atoms with Crippen molar-refractivity contribution < 1.29 is 9.84 Å². The molecule has 3 nitrogen and oxygen atoms in total. The van der Waals surface area contributed by atoms with E-state index in [9.17, 15) is 5.11 Å². The van der Waals surface area contributed by atoms with Crippen LogP contribution in [0.5, 0.6) is 5.75 Å². The van der Waals surface area contributed by atoms with E-state index in [1.165, 1.54) is 0 Å². The van der Waals surface area contributed by atoms with Gasteiger partial charge < -0.3 is 15.2 Å². The van der Waals surface area contributed by atoms with E-state index in [1.54, 1.807) is 19.2 Å². The SMILES string of the molecule is COC1(Cc2cc(O)ccc2Br)CNC1. The van der Waals surface area contributed by atoms with Crippen LogP contribution in [0.1, 0.15) is 5.56 Å². The Morgan fingerprint density at radius 3 is 2.80 bits per heavy atom. The topological polar surface area (TPSA) is 41.5 Å². The van der Waals surface area contributed by atoms with Crippen LogP contribution in [0.25, 0.3) is 0 Å². The van der Waals surface area contributed by atoms with Gasteiger partial charge in [0.2, 0.25) is 0 Å². The molecule has 1 fully saturated rings. The third-order valence-electron chi connectivity index (χ3n) is 2.87. The fourth-order valence-electron chi connectivity index (χ4n) is 1.79. The molecule has 2 N–H and O–H groups in total. The van der Waals surface area contributed by atoms with Gasteiger partial charge in [0.25, 0.3) is 0 Å². The Morgan fingerprint density at radius 2 is 2.27 bits per heavy atom. The number of ether oxygens (including phenoxy) is 1. The number of phenolic OH excluding ortho intramolecular Hbond substituents is 1. The summed E-state index contributed by atoms with van der Waals surface area (Å²) < 4.78 is 6.52. The van der Waals surface area contributed by atoms with E-state index in [-0.39, 0.29) is 5.60 Å². The second-order valence-corrected chi connectivity index (χ2v) is 4.80. The normalized spacial score (nSPS) is 18.5. The zero-order chi connectivity index (χ0) is 10.9. The second-order valence-electron chi connectivity index (χ2n) is 3.94. The minimum absolute atomic E-state index is 0.101. The maximum absolute atomic E-state index is 9.42. The summed E-state index contributed by atoms with van der Waals surface area (Å²) in [6.07, 6.45) is 0.811. The molecule has 0 radical (unpaired) electrons. The number of halogens is 1. The molecule has 82 valence electrons. The van der Waals surface area contributed by atoms with Gasteiger partial charge in [-0.2, -0.15) is 0 Å².